The molecule has 0 aliphatic carbocycles. The Bertz CT molecular complexity index is 350. The van der Waals surface area contributed by atoms with E-state index < -0.39 is 0 Å². The summed E-state index contributed by atoms with van der Waals surface area (Å²) in [5, 5.41) is 7.02. The quantitative estimate of drug-likeness (QED) is 0.890. The fraction of sp³-hybridized carbons (Fsp3) is 0.769. The lowest BCUT2D eigenvalue weighted by atomic mass is 9.99. The first kappa shape index (κ1) is 13.0. The summed E-state index contributed by atoms with van der Waals surface area (Å²) in [7, 11) is 2.22. The molecule has 3 nitrogen and oxygen atoms in total. The minimum Gasteiger partial charge on any atom is -0.313 e. The monoisotopic (exact) mass is 253 g/mol. The number of aromatic nitrogens is 1. The first-order valence-corrected chi connectivity index (χ1v) is 7.37. The van der Waals surface area contributed by atoms with Gasteiger partial charge in [0, 0.05) is 30.4 Å². The minimum atomic E-state index is 0.695. The number of nitrogens with one attached hydrogen (secondary N) is 1. The van der Waals surface area contributed by atoms with E-state index in [1.807, 2.05) is 0 Å². The van der Waals surface area contributed by atoms with Gasteiger partial charge in [-0.1, -0.05) is 0 Å². The highest BCUT2D eigenvalue weighted by Crippen LogP contribution is 2.15. The van der Waals surface area contributed by atoms with Crippen molar-refractivity contribution >= 4 is 11.3 Å². The highest BCUT2D eigenvalue weighted by molar-refractivity contribution is 7.09. The smallest absolute Gasteiger partial charge is 0.0897 e. The average molecular weight is 253 g/mol. The van der Waals surface area contributed by atoms with Crippen LogP contribution in [-0.2, 0) is 6.42 Å². The molecule has 2 rings (SSSR count). The molecule has 0 amide bonds. The molecule has 1 aromatic heterocycles. The summed E-state index contributed by atoms with van der Waals surface area (Å²) >= 11 is 1.75. The van der Waals surface area contributed by atoms with Gasteiger partial charge in [-0.15, -0.1) is 11.3 Å². The lowest BCUT2D eigenvalue weighted by Gasteiger charge is -2.35. The molecule has 96 valence electrons. The Hall–Kier alpha value is -0.450. The second kappa shape index (κ2) is 5.94. The zero-order chi connectivity index (χ0) is 12.3. The molecule has 1 aliphatic rings. The number of thiazole rings is 1. The number of likely N-dealkylation sites (tertiary alicyclic amines) is 1. The van der Waals surface area contributed by atoms with Crippen molar-refractivity contribution in [1.29, 1.82) is 0 Å². The minimum absolute atomic E-state index is 0.695. The number of aryl methyl sites for hydroxylation is 1. The Morgan fingerprint density at radius 1 is 1.59 bits per heavy atom. The van der Waals surface area contributed by atoms with Gasteiger partial charge in [-0.3, -0.25) is 0 Å². The zero-order valence-corrected chi connectivity index (χ0v) is 11.9. The van der Waals surface area contributed by atoms with E-state index in [9.17, 15) is 0 Å². The maximum Gasteiger partial charge on any atom is 0.0897 e. The van der Waals surface area contributed by atoms with Crippen LogP contribution in [0.4, 0.5) is 0 Å². The molecule has 1 N–H and O–H groups in total. The summed E-state index contributed by atoms with van der Waals surface area (Å²) in [6.07, 6.45) is 3.61. The fourth-order valence-corrected chi connectivity index (χ4v) is 3.05. The van der Waals surface area contributed by atoms with Gasteiger partial charge < -0.3 is 10.2 Å². The van der Waals surface area contributed by atoms with Crippen molar-refractivity contribution in [3.05, 3.63) is 16.1 Å². The SMILES string of the molecule is Cc1nc(CCNC2CCN(C)C(C)C2)cs1. The molecule has 1 saturated heterocycles. The Morgan fingerprint density at radius 3 is 3.06 bits per heavy atom. The van der Waals surface area contributed by atoms with E-state index in [0.717, 1.165) is 13.0 Å². The predicted molar refractivity (Wildman–Crippen MR) is 73.7 cm³/mol. The van der Waals surface area contributed by atoms with Gasteiger partial charge >= 0.3 is 0 Å². The van der Waals surface area contributed by atoms with Crippen molar-refractivity contribution < 1.29 is 0 Å². The molecular weight excluding hydrogens is 230 g/mol. The van der Waals surface area contributed by atoms with Crippen LogP contribution in [0.5, 0.6) is 0 Å². The topological polar surface area (TPSA) is 28.2 Å². The molecule has 1 aromatic rings. The van der Waals surface area contributed by atoms with Crippen molar-refractivity contribution in [2.24, 2.45) is 0 Å². The lowest BCUT2D eigenvalue weighted by molar-refractivity contribution is 0.169. The fourth-order valence-electron chi connectivity index (χ4n) is 2.40. The van der Waals surface area contributed by atoms with Gasteiger partial charge in [-0.25, -0.2) is 4.98 Å². The van der Waals surface area contributed by atoms with Crippen LogP contribution in [0.15, 0.2) is 5.38 Å². The Morgan fingerprint density at radius 2 is 2.41 bits per heavy atom. The average Bonchev–Trinajstić information content (AvgIpc) is 2.70. The number of rotatable bonds is 4. The van der Waals surface area contributed by atoms with E-state index in [1.165, 1.54) is 30.1 Å². The maximum absolute atomic E-state index is 4.49. The van der Waals surface area contributed by atoms with Gasteiger partial charge in [0.1, 0.15) is 0 Å². The van der Waals surface area contributed by atoms with Gasteiger partial charge in [0.2, 0.25) is 0 Å². The standard InChI is InChI=1S/C13H23N3S/c1-10-8-12(5-7-16(10)3)14-6-4-13-9-17-11(2)15-13/h9-10,12,14H,4-8H2,1-3H3. The van der Waals surface area contributed by atoms with Crippen molar-refractivity contribution in [1.82, 2.24) is 15.2 Å². The van der Waals surface area contributed by atoms with Gasteiger partial charge in [-0.05, 0) is 40.3 Å². The van der Waals surface area contributed by atoms with Gasteiger partial charge in [-0.2, -0.15) is 0 Å². The van der Waals surface area contributed by atoms with Crippen LogP contribution in [-0.4, -0.2) is 42.1 Å². The van der Waals surface area contributed by atoms with E-state index in [2.05, 4.69) is 41.5 Å². The highest BCUT2D eigenvalue weighted by atomic mass is 32.1. The van der Waals surface area contributed by atoms with Gasteiger partial charge in [0.05, 0.1) is 10.7 Å². The summed E-state index contributed by atoms with van der Waals surface area (Å²) in [6, 6.07) is 1.41. The van der Waals surface area contributed by atoms with E-state index >= 15 is 0 Å². The Labute approximate surface area is 108 Å². The predicted octanol–water partition coefficient (Wildman–Crippen LogP) is 2.07. The van der Waals surface area contributed by atoms with Gasteiger partial charge in [0.15, 0.2) is 0 Å². The normalized spacial score (nSPS) is 26.3. The zero-order valence-electron chi connectivity index (χ0n) is 11.1. The van der Waals surface area contributed by atoms with Crippen LogP contribution in [0.25, 0.3) is 0 Å². The second-order valence-electron chi connectivity index (χ2n) is 5.11. The van der Waals surface area contributed by atoms with Crippen molar-refractivity contribution in [3.8, 4) is 0 Å². The number of piperidine rings is 1. The molecule has 2 atom stereocenters. The molecule has 0 spiro atoms. The molecular formula is C13H23N3S. The molecule has 0 radical (unpaired) electrons. The van der Waals surface area contributed by atoms with E-state index in [4.69, 9.17) is 0 Å². The Balaban J connectivity index is 1.69. The van der Waals surface area contributed by atoms with Gasteiger partial charge in [0.25, 0.3) is 0 Å². The van der Waals surface area contributed by atoms with E-state index in [1.54, 1.807) is 11.3 Å². The van der Waals surface area contributed by atoms with E-state index in [0.29, 0.717) is 12.1 Å². The van der Waals surface area contributed by atoms with Crippen LogP contribution in [0.3, 0.4) is 0 Å². The molecule has 1 aliphatic heterocycles. The van der Waals surface area contributed by atoms with Crippen LogP contribution >= 0.6 is 11.3 Å². The van der Waals surface area contributed by atoms with Crippen molar-refractivity contribution in [2.45, 2.75) is 45.2 Å². The lowest BCUT2D eigenvalue weighted by Crippen LogP contribution is -2.46. The molecule has 2 heterocycles. The molecule has 0 aromatic carbocycles. The summed E-state index contributed by atoms with van der Waals surface area (Å²) in [6.45, 7) is 6.66. The second-order valence-corrected chi connectivity index (χ2v) is 6.18. The molecule has 17 heavy (non-hydrogen) atoms. The third-order valence-corrected chi connectivity index (χ3v) is 4.51. The van der Waals surface area contributed by atoms with Crippen LogP contribution in [0.1, 0.15) is 30.5 Å². The number of hydrogen-bond donors (Lipinski definition) is 1. The summed E-state index contributed by atoms with van der Waals surface area (Å²) < 4.78 is 0. The van der Waals surface area contributed by atoms with Crippen molar-refractivity contribution in [3.63, 3.8) is 0 Å². The molecule has 4 heteroatoms. The summed E-state index contributed by atoms with van der Waals surface area (Å²) in [5.41, 5.74) is 1.24. The largest absolute Gasteiger partial charge is 0.313 e. The first-order valence-electron chi connectivity index (χ1n) is 6.50. The first-order chi connectivity index (χ1) is 8.15. The third kappa shape index (κ3) is 3.76. The van der Waals surface area contributed by atoms with Crippen LogP contribution in [0.2, 0.25) is 0 Å². The summed E-state index contributed by atoms with van der Waals surface area (Å²) in [5.74, 6) is 0. The molecule has 0 saturated carbocycles. The Kier molecular flexibility index (Phi) is 4.54. The van der Waals surface area contributed by atoms with Crippen LogP contribution in [0, 0.1) is 6.92 Å². The molecule has 1 fully saturated rings. The van der Waals surface area contributed by atoms with Crippen LogP contribution < -0.4 is 5.32 Å². The van der Waals surface area contributed by atoms with Crippen molar-refractivity contribution in [2.75, 3.05) is 20.1 Å². The highest BCUT2D eigenvalue weighted by Gasteiger charge is 2.21. The number of hydrogen-bond acceptors (Lipinski definition) is 4. The van der Waals surface area contributed by atoms with E-state index in [-0.39, 0.29) is 0 Å². The third-order valence-electron chi connectivity index (χ3n) is 3.69. The molecule has 0 bridgehead atoms. The summed E-state index contributed by atoms with van der Waals surface area (Å²) in [4.78, 5) is 6.94. The maximum atomic E-state index is 4.49. The molecule has 2 unspecified atom stereocenters. The number of nitrogens with zero attached hydrogens (tertiary/aromatic N) is 2.